The van der Waals surface area contributed by atoms with Crippen LogP contribution in [0.15, 0.2) is 48.5 Å². The molecule has 0 spiro atoms. The number of para-hydroxylation sites is 1. The molecule has 0 aliphatic carbocycles. The zero-order valence-electron chi connectivity index (χ0n) is 13.1. The lowest BCUT2D eigenvalue weighted by molar-refractivity contribution is 0.103. The largest absolute Gasteiger partial charge is 0.297 e. The number of fused-ring (bicyclic) bond motifs is 1. The fourth-order valence-corrected chi connectivity index (χ4v) is 4.23. The Kier molecular flexibility index (Phi) is 4.03. The number of nitrogens with zero attached hydrogens (tertiary/aromatic N) is 2. The van der Waals surface area contributed by atoms with Gasteiger partial charge in [-0.15, -0.1) is 11.3 Å². The lowest BCUT2D eigenvalue weighted by Crippen LogP contribution is -2.11. The van der Waals surface area contributed by atoms with Gasteiger partial charge in [-0.1, -0.05) is 23.5 Å². The van der Waals surface area contributed by atoms with Crippen molar-refractivity contribution in [2.75, 3.05) is 5.32 Å². The van der Waals surface area contributed by atoms with Crippen molar-refractivity contribution in [1.29, 1.82) is 0 Å². The molecule has 2 aromatic heterocycles. The normalized spacial score (nSPS) is 11.0. The Morgan fingerprint density at radius 2 is 1.80 bits per heavy atom. The smallest absolute Gasteiger partial charge is 0.269 e. The molecule has 7 heteroatoms. The Hall–Kier alpha value is -2.64. The summed E-state index contributed by atoms with van der Waals surface area (Å²) in [5.41, 5.74) is 2.28. The van der Waals surface area contributed by atoms with E-state index < -0.39 is 0 Å². The van der Waals surface area contributed by atoms with E-state index >= 15 is 0 Å². The van der Waals surface area contributed by atoms with Crippen LogP contribution in [0.3, 0.4) is 0 Å². The third-order valence-electron chi connectivity index (χ3n) is 3.61. The highest BCUT2D eigenvalue weighted by atomic mass is 32.1. The Morgan fingerprint density at radius 1 is 1.04 bits per heavy atom. The van der Waals surface area contributed by atoms with E-state index in [0.717, 1.165) is 15.8 Å². The summed E-state index contributed by atoms with van der Waals surface area (Å²) in [4.78, 5) is 21.9. The molecule has 4 aromatic rings. The van der Waals surface area contributed by atoms with Crippen LogP contribution in [0.1, 0.15) is 15.4 Å². The van der Waals surface area contributed by atoms with E-state index in [1.807, 2.05) is 24.3 Å². The first-order chi connectivity index (χ1) is 12.1. The molecule has 4 nitrogen and oxygen atoms in total. The zero-order chi connectivity index (χ0) is 17.4. The quantitative estimate of drug-likeness (QED) is 0.545. The number of aromatic nitrogens is 2. The van der Waals surface area contributed by atoms with E-state index in [9.17, 15) is 9.18 Å². The van der Waals surface area contributed by atoms with Gasteiger partial charge in [0.05, 0.1) is 15.9 Å². The standard InChI is InChI=1S/C18H12FN3OS2/c1-10-15(25-17(20-10)11-6-8-12(19)9-7-11)16(23)22-18-21-13-4-2-3-5-14(13)24-18/h2-9H,1H3,(H,21,22,23). The Labute approximate surface area is 151 Å². The van der Waals surface area contributed by atoms with Gasteiger partial charge in [-0.05, 0) is 43.3 Å². The second kappa shape index (κ2) is 6.34. The summed E-state index contributed by atoms with van der Waals surface area (Å²) in [6.45, 7) is 1.79. The number of carbonyl (C=O) groups is 1. The molecule has 0 saturated carbocycles. The van der Waals surface area contributed by atoms with E-state index in [1.165, 1.54) is 34.8 Å². The predicted octanol–water partition coefficient (Wildman–Crippen LogP) is 5.12. The Balaban J connectivity index is 1.60. The van der Waals surface area contributed by atoms with Crippen molar-refractivity contribution in [3.63, 3.8) is 0 Å². The minimum absolute atomic E-state index is 0.234. The van der Waals surface area contributed by atoms with Crippen LogP contribution in [-0.2, 0) is 0 Å². The number of hydrogen-bond acceptors (Lipinski definition) is 5. The van der Waals surface area contributed by atoms with Crippen LogP contribution in [0.4, 0.5) is 9.52 Å². The van der Waals surface area contributed by atoms with Gasteiger partial charge >= 0.3 is 0 Å². The topological polar surface area (TPSA) is 54.9 Å². The molecule has 4 rings (SSSR count). The molecular formula is C18H12FN3OS2. The highest BCUT2D eigenvalue weighted by molar-refractivity contribution is 7.22. The van der Waals surface area contributed by atoms with Crippen LogP contribution in [-0.4, -0.2) is 15.9 Å². The minimum atomic E-state index is -0.300. The number of carbonyl (C=O) groups excluding carboxylic acids is 1. The Bertz CT molecular complexity index is 1040. The van der Waals surface area contributed by atoms with Gasteiger partial charge < -0.3 is 0 Å². The van der Waals surface area contributed by atoms with E-state index in [-0.39, 0.29) is 11.7 Å². The summed E-state index contributed by atoms with van der Waals surface area (Å²) in [5.74, 6) is -0.534. The van der Waals surface area contributed by atoms with Gasteiger partial charge in [-0.25, -0.2) is 14.4 Å². The maximum absolute atomic E-state index is 13.1. The first kappa shape index (κ1) is 15.9. The lowest BCUT2D eigenvalue weighted by atomic mass is 10.2. The number of hydrogen-bond donors (Lipinski definition) is 1. The highest BCUT2D eigenvalue weighted by Crippen LogP contribution is 2.30. The zero-order valence-corrected chi connectivity index (χ0v) is 14.7. The second-order valence-corrected chi connectivity index (χ2v) is 7.41. The fourth-order valence-electron chi connectivity index (χ4n) is 2.40. The molecule has 0 bridgehead atoms. The van der Waals surface area contributed by atoms with E-state index in [0.29, 0.717) is 20.7 Å². The summed E-state index contributed by atoms with van der Waals surface area (Å²) in [6, 6.07) is 13.8. The van der Waals surface area contributed by atoms with E-state index in [1.54, 1.807) is 19.1 Å². The van der Waals surface area contributed by atoms with Gasteiger partial charge in [0.15, 0.2) is 5.13 Å². The number of benzene rings is 2. The molecule has 0 saturated heterocycles. The first-order valence-electron chi connectivity index (χ1n) is 7.50. The first-order valence-corrected chi connectivity index (χ1v) is 9.14. The molecule has 0 aliphatic rings. The molecular weight excluding hydrogens is 357 g/mol. The van der Waals surface area contributed by atoms with Gasteiger partial charge in [0.25, 0.3) is 5.91 Å². The number of amides is 1. The van der Waals surface area contributed by atoms with Gasteiger partial charge in [0.1, 0.15) is 15.7 Å². The average Bonchev–Trinajstić information content (AvgIpc) is 3.18. The number of rotatable bonds is 3. The van der Waals surface area contributed by atoms with Crippen molar-refractivity contribution in [3.8, 4) is 10.6 Å². The van der Waals surface area contributed by atoms with Crippen LogP contribution in [0.25, 0.3) is 20.8 Å². The Morgan fingerprint density at radius 3 is 2.56 bits per heavy atom. The second-order valence-electron chi connectivity index (χ2n) is 5.38. The van der Waals surface area contributed by atoms with Crippen molar-refractivity contribution in [2.45, 2.75) is 6.92 Å². The molecule has 1 amide bonds. The van der Waals surface area contributed by atoms with Crippen molar-refractivity contribution >= 4 is 43.9 Å². The van der Waals surface area contributed by atoms with E-state index in [4.69, 9.17) is 0 Å². The van der Waals surface area contributed by atoms with Crippen molar-refractivity contribution in [3.05, 3.63) is 64.9 Å². The summed E-state index contributed by atoms with van der Waals surface area (Å²) < 4.78 is 14.1. The fraction of sp³-hybridized carbons (Fsp3) is 0.0556. The van der Waals surface area contributed by atoms with Crippen LogP contribution < -0.4 is 5.32 Å². The number of halogens is 1. The average molecular weight is 369 g/mol. The van der Waals surface area contributed by atoms with Crippen molar-refractivity contribution in [1.82, 2.24) is 9.97 Å². The molecule has 124 valence electrons. The number of anilines is 1. The third kappa shape index (κ3) is 3.16. The maximum atomic E-state index is 13.1. The third-order valence-corrected chi connectivity index (χ3v) is 5.77. The molecule has 25 heavy (non-hydrogen) atoms. The van der Waals surface area contributed by atoms with Crippen LogP contribution in [0, 0.1) is 12.7 Å². The van der Waals surface area contributed by atoms with Crippen LogP contribution in [0.2, 0.25) is 0 Å². The summed E-state index contributed by atoms with van der Waals surface area (Å²) >= 11 is 2.71. The molecule has 0 fully saturated rings. The number of thiazole rings is 2. The SMILES string of the molecule is Cc1nc(-c2ccc(F)cc2)sc1C(=O)Nc1nc2ccccc2s1. The molecule has 2 aromatic carbocycles. The molecule has 0 radical (unpaired) electrons. The lowest BCUT2D eigenvalue weighted by Gasteiger charge is -1.98. The van der Waals surface area contributed by atoms with Gasteiger partial charge in [0, 0.05) is 5.56 Å². The van der Waals surface area contributed by atoms with E-state index in [2.05, 4.69) is 15.3 Å². The summed E-state index contributed by atoms with van der Waals surface area (Å²) in [6.07, 6.45) is 0. The molecule has 0 unspecified atom stereocenters. The van der Waals surface area contributed by atoms with Gasteiger partial charge in [0.2, 0.25) is 0 Å². The van der Waals surface area contributed by atoms with Crippen LogP contribution >= 0.6 is 22.7 Å². The minimum Gasteiger partial charge on any atom is -0.297 e. The molecule has 2 heterocycles. The van der Waals surface area contributed by atoms with Crippen LogP contribution in [0.5, 0.6) is 0 Å². The van der Waals surface area contributed by atoms with Crippen molar-refractivity contribution in [2.24, 2.45) is 0 Å². The molecule has 1 N–H and O–H groups in total. The maximum Gasteiger partial charge on any atom is 0.269 e. The van der Waals surface area contributed by atoms with Gasteiger partial charge in [-0.2, -0.15) is 0 Å². The molecule has 0 aliphatic heterocycles. The highest BCUT2D eigenvalue weighted by Gasteiger charge is 2.17. The molecule has 0 atom stereocenters. The monoisotopic (exact) mass is 369 g/mol. The van der Waals surface area contributed by atoms with Crippen molar-refractivity contribution < 1.29 is 9.18 Å². The van der Waals surface area contributed by atoms with Gasteiger partial charge in [-0.3, -0.25) is 10.1 Å². The summed E-state index contributed by atoms with van der Waals surface area (Å²) in [7, 11) is 0. The summed E-state index contributed by atoms with van der Waals surface area (Å²) in [5, 5.41) is 4.09. The number of nitrogens with one attached hydrogen (secondary N) is 1. The number of aryl methyl sites for hydroxylation is 1. The predicted molar refractivity (Wildman–Crippen MR) is 99.8 cm³/mol.